The van der Waals surface area contributed by atoms with Crippen molar-refractivity contribution in [3.05, 3.63) is 24.2 Å². The van der Waals surface area contributed by atoms with Crippen LogP contribution >= 0.6 is 0 Å². The maximum atomic E-state index is 12.9. The molecular weight excluding hydrogens is 318 g/mol. The fourth-order valence-electron chi connectivity index (χ4n) is 4.00. The molecule has 0 radical (unpaired) electrons. The molecular formula is C19H25N3O3. The predicted octanol–water partition coefficient (Wildman–Crippen LogP) is 2.50. The summed E-state index contributed by atoms with van der Waals surface area (Å²) in [7, 11) is 0. The lowest BCUT2D eigenvalue weighted by molar-refractivity contribution is -0.135. The number of amides is 2. The van der Waals surface area contributed by atoms with E-state index in [1.165, 1.54) is 12.8 Å². The van der Waals surface area contributed by atoms with Gasteiger partial charge < -0.3 is 9.73 Å². The zero-order valence-electron chi connectivity index (χ0n) is 14.7. The number of carbonyl (C=O) groups excluding carboxylic acids is 2. The maximum Gasteiger partial charge on any atom is 0.255 e. The van der Waals surface area contributed by atoms with E-state index in [0.717, 1.165) is 18.1 Å². The first-order chi connectivity index (χ1) is 12.1. The zero-order valence-corrected chi connectivity index (χ0v) is 14.7. The molecule has 0 bridgehead atoms. The van der Waals surface area contributed by atoms with E-state index < -0.39 is 5.54 Å². The van der Waals surface area contributed by atoms with Crippen LogP contribution in [0, 0.1) is 11.8 Å². The number of rotatable bonds is 5. The normalized spacial score (nSPS) is 29.2. The molecule has 134 valence electrons. The molecule has 2 fully saturated rings. The summed E-state index contributed by atoms with van der Waals surface area (Å²) in [6.45, 7) is 3.18. The first-order valence-corrected chi connectivity index (χ1v) is 9.26. The van der Waals surface area contributed by atoms with E-state index in [1.54, 1.807) is 6.26 Å². The first-order valence-electron chi connectivity index (χ1n) is 9.26. The van der Waals surface area contributed by atoms with Gasteiger partial charge in [-0.1, -0.05) is 0 Å². The first kappa shape index (κ1) is 16.4. The van der Waals surface area contributed by atoms with Crippen LogP contribution in [-0.2, 0) is 16.1 Å². The number of nitrogens with zero attached hydrogens (tertiary/aromatic N) is 2. The van der Waals surface area contributed by atoms with Crippen LogP contribution in [0.15, 0.2) is 27.8 Å². The highest BCUT2D eigenvalue weighted by Crippen LogP contribution is 2.41. The number of hydrogen-bond acceptors (Lipinski definition) is 4. The quantitative estimate of drug-likeness (QED) is 0.892. The molecule has 1 aliphatic heterocycles. The number of hydrogen-bond donors (Lipinski definition) is 1. The summed E-state index contributed by atoms with van der Waals surface area (Å²) < 4.78 is 5.24. The summed E-state index contributed by atoms with van der Waals surface area (Å²) in [6.07, 6.45) is 6.81. The average Bonchev–Trinajstić information content (AvgIpc) is 3.23. The van der Waals surface area contributed by atoms with Gasteiger partial charge in [0.25, 0.3) is 5.91 Å². The van der Waals surface area contributed by atoms with E-state index in [-0.39, 0.29) is 17.7 Å². The lowest BCUT2D eigenvalue weighted by Crippen LogP contribution is -2.46. The van der Waals surface area contributed by atoms with Gasteiger partial charge in [-0.05, 0) is 63.5 Å². The second kappa shape index (κ2) is 6.32. The Morgan fingerprint density at radius 2 is 2.12 bits per heavy atom. The molecule has 2 aliphatic carbocycles. The van der Waals surface area contributed by atoms with Gasteiger partial charge in [-0.15, -0.1) is 0 Å². The second-order valence-electron chi connectivity index (χ2n) is 7.62. The van der Waals surface area contributed by atoms with Gasteiger partial charge in [-0.25, -0.2) is 0 Å². The molecule has 1 N–H and O–H groups in total. The van der Waals surface area contributed by atoms with Gasteiger partial charge in [0, 0.05) is 12.5 Å². The molecule has 0 aromatic carbocycles. The van der Waals surface area contributed by atoms with Crippen molar-refractivity contribution in [1.29, 1.82) is 0 Å². The Labute approximate surface area is 147 Å². The molecule has 2 saturated carbocycles. The fourth-order valence-corrected chi connectivity index (χ4v) is 4.00. The number of nitrogens with one attached hydrogen (secondary N) is 1. The second-order valence-corrected chi connectivity index (χ2v) is 7.62. The zero-order chi connectivity index (χ0) is 17.4. The minimum Gasteiger partial charge on any atom is -0.467 e. The summed E-state index contributed by atoms with van der Waals surface area (Å²) in [5.74, 6) is 2.44. The largest absolute Gasteiger partial charge is 0.467 e. The van der Waals surface area contributed by atoms with E-state index in [4.69, 9.17) is 9.41 Å². The molecule has 1 spiro atoms. The Bertz CT molecular complexity index is 683. The van der Waals surface area contributed by atoms with Crippen molar-refractivity contribution >= 4 is 17.6 Å². The van der Waals surface area contributed by atoms with Gasteiger partial charge in [-0.3, -0.25) is 19.5 Å². The van der Waals surface area contributed by atoms with Crippen molar-refractivity contribution in [2.24, 2.45) is 16.8 Å². The molecule has 4 rings (SSSR count). The van der Waals surface area contributed by atoms with Crippen LogP contribution in [0.25, 0.3) is 0 Å². The molecule has 2 amide bonds. The van der Waals surface area contributed by atoms with Gasteiger partial charge in [-0.2, -0.15) is 0 Å². The fraction of sp³-hybridized carbons (Fsp3) is 0.632. The van der Waals surface area contributed by atoms with E-state index in [9.17, 15) is 9.59 Å². The Morgan fingerprint density at radius 1 is 1.36 bits per heavy atom. The molecule has 25 heavy (non-hydrogen) atoms. The third-order valence-corrected chi connectivity index (χ3v) is 5.75. The predicted molar refractivity (Wildman–Crippen MR) is 92.8 cm³/mol. The number of carbonyl (C=O) groups is 2. The van der Waals surface area contributed by atoms with Crippen molar-refractivity contribution in [3.8, 4) is 0 Å². The van der Waals surface area contributed by atoms with E-state index in [2.05, 4.69) is 5.32 Å². The molecule has 0 atom stereocenters. The standard InChI is InChI=1S/C19H25N3O3/c1-13-21-19(18(24)22(13)12-14-4-5-14)8-6-15(7-9-19)17(23)20-11-16-3-2-10-25-16/h2-3,10,14-15H,4-9,11-12H2,1H3,(H,20,23). The van der Waals surface area contributed by atoms with Gasteiger partial charge in [0.1, 0.15) is 17.1 Å². The number of amidine groups is 1. The molecule has 1 aromatic heterocycles. The average molecular weight is 343 g/mol. The van der Waals surface area contributed by atoms with Crippen LogP contribution < -0.4 is 5.32 Å². The van der Waals surface area contributed by atoms with Gasteiger partial charge in [0.05, 0.1) is 12.8 Å². The van der Waals surface area contributed by atoms with Crippen LogP contribution in [0.1, 0.15) is 51.2 Å². The van der Waals surface area contributed by atoms with Crippen molar-refractivity contribution in [3.63, 3.8) is 0 Å². The van der Waals surface area contributed by atoms with Crippen molar-refractivity contribution in [1.82, 2.24) is 10.2 Å². The highest BCUT2D eigenvalue weighted by atomic mass is 16.3. The third-order valence-electron chi connectivity index (χ3n) is 5.75. The van der Waals surface area contributed by atoms with Gasteiger partial charge >= 0.3 is 0 Å². The summed E-state index contributed by atoms with van der Waals surface area (Å²) >= 11 is 0. The monoisotopic (exact) mass is 343 g/mol. The van der Waals surface area contributed by atoms with Gasteiger partial charge in [0.15, 0.2) is 0 Å². The number of aliphatic imine (C=N–C) groups is 1. The van der Waals surface area contributed by atoms with Crippen LogP contribution in [-0.4, -0.2) is 34.6 Å². The summed E-state index contributed by atoms with van der Waals surface area (Å²) in [4.78, 5) is 31.9. The lowest BCUT2D eigenvalue weighted by atomic mass is 9.76. The molecule has 6 heteroatoms. The molecule has 2 heterocycles. The molecule has 0 unspecified atom stereocenters. The minimum absolute atomic E-state index is 0.0404. The maximum absolute atomic E-state index is 12.9. The lowest BCUT2D eigenvalue weighted by Gasteiger charge is -2.33. The van der Waals surface area contributed by atoms with Crippen molar-refractivity contribution in [2.45, 2.75) is 57.5 Å². The SMILES string of the molecule is CC1=NC2(CCC(C(=O)NCc3ccco3)CC2)C(=O)N1CC1CC1. The number of furan rings is 1. The summed E-state index contributed by atoms with van der Waals surface area (Å²) in [6, 6.07) is 3.66. The van der Waals surface area contributed by atoms with Crippen molar-refractivity contribution in [2.75, 3.05) is 6.54 Å². The van der Waals surface area contributed by atoms with Gasteiger partial charge in [0.2, 0.25) is 5.91 Å². The highest BCUT2D eigenvalue weighted by Gasteiger charge is 2.50. The smallest absolute Gasteiger partial charge is 0.255 e. The minimum atomic E-state index is -0.600. The highest BCUT2D eigenvalue weighted by molar-refractivity contribution is 6.07. The summed E-state index contributed by atoms with van der Waals surface area (Å²) in [5.41, 5.74) is -0.600. The molecule has 3 aliphatic rings. The van der Waals surface area contributed by atoms with E-state index in [1.807, 2.05) is 24.0 Å². The van der Waals surface area contributed by atoms with E-state index in [0.29, 0.717) is 38.1 Å². The van der Waals surface area contributed by atoms with E-state index >= 15 is 0 Å². The summed E-state index contributed by atoms with van der Waals surface area (Å²) in [5, 5.41) is 2.93. The molecule has 6 nitrogen and oxygen atoms in total. The topological polar surface area (TPSA) is 74.9 Å². The Morgan fingerprint density at radius 3 is 2.76 bits per heavy atom. The van der Waals surface area contributed by atoms with Crippen LogP contribution in [0.5, 0.6) is 0 Å². The third kappa shape index (κ3) is 3.22. The molecule has 1 aromatic rings. The van der Waals surface area contributed by atoms with Crippen molar-refractivity contribution < 1.29 is 14.0 Å². The molecule has 0 saturated heterocycles. The Kier molecular flexibility index (Phi) is 4.13. The van der Waals surface area contributed by atoms with Crippen LogP contribution in [0.2, 0.25) is 0 Å². The Balaban J connectivity index is 1.33. The van der Waals surface area contributed by atoms with Crippen LogP contribution in [0.4, 0.5) is 0 Å². The van der Waals surface area contributed by atoms with Crippen LogP contribution in [0.3, 0.4) is 0 Å². The Hall–Kier alpha value is -2.11.